The minimum atomic E-state index is -0.231. The van der Waals surface area contributed by atoms with Gasteiger partial charge in [0.25, 0.3) is 5.91 Å². The Kier molecular flexibility index (Phi) is 7.19. The molecule has 1 aliphatic heterocycles. The summed E-state index contributed by atoms with van der Waals surface area (Å²) in [6, 6.07) is 7.43. The maximum Gasteiger partial charge on any atom is 0.266 e. The normalized spacial score (nSPS) is 16.2. The lowest BCUT2D eigenvalue weighted by molar-refractivity contribution is -0.0109. The SMILES string of the molecule is COCc1nc(OC)c2c(C)c(C(=O)Nc3ccccc3OCC3CCCCO3)sc2n1. The number of aryl methyl sites for hydroxylation is 1. The van der Waals surface area contributed by atoms with Crippen LogP contribution in [-0.4, -0.2) is 49.4 Å². The molecule has 1 fully saturated rings. The van der Waals surface area contributed by atoms with Gasteiger partial charge in [-0.05, 0) is 43.9 Å². The van der Waals surface area contributed by atoms with Crippen LogP contribution in [0.1, 0.15) is 40.3 Å². The first-order valence-electron chi connectivity index (χ1n) is 10.6. The van der Waals surface area contributed by atoms with Gasteiger partial charge in [0.1, 0.15) is 23.8 Å². The fourth-order valence-electron chi connectivity index (χ4n) is 3.70. The molecule has 170 valence electrons. The Morgan fingerprint density at radius 1 is 1.25 bits per heavy atom. The van der Waals surface area contributed by atoms with Crippen LogP contribution in [0.3, 0.4) is 0 Å². The average Bonchev–Trinajstić information content (AvgIpc) is 3.15. The van der Waals surface area contributed by atoms with E-state index in [0.29, 0.717) is 39.5 Å². The van der Waals surface area contributed by atoms with E-state index in [-0.39, 0.29) is 18.6 Å². The smallest absolute Gasteiger partial charge is 0.266 e. The number of rotatable bonds is 8. The van der Waals surface area contributed by atoms with Crippen LogP contribution in [0.25, 0.3) is 10.2 Å². The number of anilines is 1. The van der Waals surface area contributed by atoms with Gasteiger partial charge in [0.05, 0.1) is 29.2 Å². The van der Waals surface area contributed by atoms with Gasteiger partial charge in [-0.1, -0.05) is 12.1 Å². The Labute approximate surface area is 190 Å². The zero-order chi connectivity index (χ0) is 22.5. The topological polar surface area (TPSA) is 91.8 Å². The molecule has 0 radical (unpaired) electrons. The van der Waals surface area contributed by atoms with Crippen molar-refractivity contribution < 1.29 is 23.7 Å². The molecular formula is C23H27N3O5S. The molecule has 0 spiro atoms. The van der Waals surface area contributed by atoms with Crippen LogP contribution in [0.2, 0.25) is 0 Å². The number of fused-ring (bicyclic) bond motifs is 1. The van der Waals surface area contributed by atoms with E-state index in [1.54, 1.807) is 14.2 Å². The van der Waals surface area contributed by atoms with E-state index < -0.39 is 0 Å². The second-order valence-electron chi connectivity index (χ2n) is 7.57. The van der Waals surface area contributed by atoms with Crippen molar-refractivity contribution in [3.8, 4) is 11.6 Å². The van der Waals surface area contributed by atoms with E-state index in [2.05, 4.69) is 15.3 Å². The number of para-hydroxylation sites is 2. The van der Waals surface area contributed by atoms with Crippen LogP contribution >= 0.6 is 11.3 Å². The highest BCUT2D eigenvalue weighted by molar-refractivity contribution is 7.20. The van der Waals surface area contributed by atoms with Crippen molar-refractivity contribution in [3.63, 3.8) is 0 Å². The van der Waals surface area contributed by atoms with Gasteiger partial charge in [-0.2, -0.15) is 4.98 Å². The highest BCUT2D eigenvalue weighted by atomic mass is 32.1. The van der Waals surface area contributed by atoms with Gasteiger partial charge in [0.15, 0.2) is 5.82 Å². The molecule has 1 amide bonds. The summed E-state index contributed by atoms with van der Waals surface area (Å²) >= 11 is 1.30. The molecule has 1 atom stereocenters. The van der Waals surface area contributed by atoms with E-state index in [1.165, 1.54) is 11.3 Å². The lowest BCUT2D eigenvalue weighted by Gasteiger charge is -2.23. The van der Waals surface area contributed by atoms with Gasteiger partial charge in [-0.15, -0.1) is 11.3 Å². The van der Waals surface area contributed by atoms with E-state index in [9.17, 15) is 4.79 Å². The van der Waals surface area contributed by atoms with Crippen LogP contribution in [0, 0.1) is 6.92 Å². The second kappa shape index (κ2) is 10.2. The lowest BCUT2D eigenvalue weighted by Crippen LogP contribution is -2.26. The zero-order valence-electron chi connectivity index (χ0n) is 18.5. The number of nitrogens with zero attached hydrogens (tertiary/aromatic N) is 2. The third kappa shape index (κ3) is 4.85. The van der Waals surface area contributed by atoms with E-state index in [1.807, 2.05) is 31.2 Å². The van der Waals surface area contributed by atoms with Crippen molar-refractivity contribution >= 4 is 33.1 Å². The highest BCUT2D eigenvalue weighted by Gasteiger charge is 2.22. The molecule has 9 heteroatoms. The molecule has 2 aromatic heterocycles. The number of hydrogen-bond acceptors (Lipinski definition) is 8. The van der Waals surface area contributed by atoms with Crippen LogP contribution < -0.4 is 14.8 Å². The summed E-state index contributed by atoms with van der Waals surface area (Å²) < 4.78 is 22.3. The average molecular weight is 458 g/mol. The summed E-state index contributed by atoms with van der Waals surface area (Å²) in [7, 11) is 3.14. The molecule has 1 N–H and O–H groups in total. The van der Waals surface area contributed by atoms with Gasteiger partial charge in [-0.25, -0.2) is 4.98 Å². The minimum absolute atomic E-state index is 0.0877. The molecule has 0 aliphatic carbocycles. The largest absolute Gasteiger partial charge is 0.489 e. The fourth-order valence-corrected chi connectivity index (χ4v) is 4.78. The molecule has 1 aromatic carbocycles. The van der Waals surface area contributed by atoms with E-state index >= 15 is 0 Å². The number of methoxy groups -OCH3 is 2. The molecule has 1 unspecified atom stereocenters. The van der Waals surface area contributed by atoms with Gasteiger partial charge >= 0.3 is 0 Å². The monoisotopic (exact) mass is 457 g/mol. The number of amides is 1. The quantitative estimate of drug-likeness (QED) is 0.537. The predicted octanol–water partition coefficient (Wildman–Crippen LogP) is 4.35. The standard InChI is InChI=1S/C23H27N3O5S/c1-14-19-22(29-3)25-18(13-28-2)26-23(19)32-20(14)21(27)24-16-9-4-5-10-17(16)31-12-15-8-6-7-11-30-15/h4-5,9-10,15H,6-8,11-13H2,1-3H3,(H,24,27). The molecule has 32 heavy (non-hydrogen) atoms. The Bertz CT molecular complexity index is 1090. The van der Waals surface area contributed by atoms with Crippen LogP contribution in [0.5, 0.6) is 11.6 Å². The molecule has 1 aliphatic rings. The first-order valence-corrected chi connectivity index (χ1v) is 11.4. The third-order valence-electron chi connectivity index (χ3n) is 5.31. The number of hydrogen-bond donors (Lipinski definition) is 1. The summed E-state index contributed by atoms with van der Waals surface area (Å²) in [5.74, 6) is 1.33. The van der Waals surface area contributed by atoms with E-state index in [0.717, 1.165) is 36.8 Å². The van der Waals surface area contributed by atoms with Crippen molar-refractivity contribution in [2.24, 2.45) is 0 Å². The number of thiophene rings is 1. The van der Waals surface area contributed by atoms with Crippen LogP contribution in [0.15, 0.2) is 24.3 Å². The number of nitrogens with one attached hydrogen (secondary N) is 1. The summed E-state index contributed by atoms with van der Waals surface area (Å²) in [5, 5.41) is 3.72. The van der Waals surface area contributed by atoms with Gasteiger partial charge in [0.2, 0.25) is 5.88 Å². The van der Waals surface area contributed by atoms with Crippen molar-refractivity contribution in [1.29, 1.82) is 0 Å². The predicted molar refractivity (Wildman–Crippen MR) is 123 cm³/mol. The van der Waals surface area contributed by atoms with Crippen LogP contribution in [-0.2, 0) is 16.1 Å². The molecule has 8 nitrogen and oxygen atoms in total. The molecule has 3 heterocycles. The minimum Gasteiger partial charge on any atom is -0.489 e. The van der Waals surface area contributed by atoms with Crippen molar-refractivity contribution in [2.75, 3.05) is 32.8 Å². The zero-order valence-corrected chi connectivity index (χ0v) is 19.3. The summed E-state index contributed by atoms with van der Waals surface area (Å²) in [6.45, 7) is 3.37. The maximum absolute atomic E-state index is 13.2. The number of carbonyl (C=O) groups is 1. The van der Waals surface area contributed by atoms with Crippen molar-refractivity contribution in [1.82, 2.24) is 9.97 Å². The fraction of sp³-hybridized carbons (Fsp3) is 0.435. The van der Waals surface area contributed by atoms with Crippen molar-refractivity contribution in [2.45, 2.75) is 38.9 Å². The molecule has 1 saturated heterocycles. The van der Waals surface area contributed by atoms with Crippen molar-refractivity contribution in [3.05, 3.63) is 40.5 Å². The summed E-state index contributed by atoms with van der Waals surface area (Å²) in [4.78, 5) is 23.3. The maximum atomic E-state index is 13.2. The molecule has 3 aromatic rings. The first-order chi connectivity index (χ1) is 15.6. The first kappa shape index (κ1) is 22.4. The number of ether oxygens (including phenoxy) is 4. The lowest BCUT2D eigenvalue weighted by atomic mass is 10.1. The molecule has 0 bridgehead atoms. The Morgan fingerprint density at radius 2 is 2.09 bits per heavy atom. The van der Waals surface area contributed by atoms with Gasteiger partial charge in [0, 0.05) is 13.7 Å². The molecular weight excluding hydrogens is 430 g/mol. The van der Waals surface area contributed by atoms with Crippen LogP contribution in [0.4, 0.5) is 5.69 Å². The van der Waals surface area contributed by atoms with Gasteiger partial charge < -0.3 is 24.3 Å². The number of carbonyl (C=O) groups excluding carboxylic acids is 1. The Balaban J connectivity index is 1.56. The number of benzene rings is 1. The molecule has 0 saturated carbocycles. The summed E-state index contributed by atoms with van der Waals surface area (Å²) in [5.41, 5.74) is 1.39. The molecule has 4 rings (SSSR count). The Hall–Kier alpha value is -2.75. The third-order valence-corrected chi connectivity index (χ3v) is 6.49. The van der Waals surface area contributed by atoms with E-state index in [4.69, 9.17) is 18.9 Å². The second-order valence-corrected chi connectivity index (χ2v) is 8.57. The highest BCUT2D eigenvalue weighted by Crippen LogP contribution is 2.36. The van der Waals surface area contributed by atoms with Gasteiger partial charge in [-0.3, -0.25) is 4.79 Å². The Morgan fingerprint density at radius 3 is 2.84 bits per heavy atom. The summed E-state index contributed by atoms with van der Waals surface area (Å²) in [6.07, 6.45) is 3.32. The number of aromatic nitrogens is 2.